The summed E-state index contributed by atoms with van der Waals surface area (Å²) in [4.78, 5) is 28.4. The third-order valence-electron chi connectivity index (χ3n) is 1.86. The Morgan fingerprint density at radius 2 is 2.41 bits per heavy atom. The van der Waals surface area contributed by atoms with Crippen molar-refractivity contribution in [2.75, 3.05) is 5.75 Å². The fourth-order valence-corrected chi connectivity index (χ4v) is 1.92. The van der Waals surface area contributed by atoms with E-state index in [2.05, 4.69) is 9.97 Å². The predicted molar refractivity (Wildman–Crippen MR) is 66.4 cm³/mol. The normalized spacial score (nSPS) is 10.9. The van der Waals surface area contributed by atoms with E-state index in [1.165, 1.54) is 23.9 Å². The molecule has 0 aliphatic heterocycles. The molecule has 0 radical (unpaired) electrons. The molecule has 1 rings (SSSR count). The number of carboxylic acids is 1. The monoisotopic (exact) mass is 254 g/mol. The number of rotatable bonds is 6. The van der Waals surface area contributed by atoms with Gasteiger partial charge >= 0.3 is 5.97 Å². The quantitative estimate of drug-likeness (QED) is 0.456. The van der Waals surface area contributed by atoms with E-state index in [0.717, 1.165) is 24.6 Å². The van der Waals surface area contributed by atoms with E-state index in [1.54, 1.807) is 0 Å². The molecule has 0 unspecified atom stereocenters. The molecule has 17 heavy (non-hydrogen) atoms. The maximum Gasteiger partial charge on any atom is 0.328 e. The zero-order valence-corrected chi connectivity index (χ0v) is 10.3. The van der Waals surface area contributed by atoms with Crippen molar-refractivity contribution in [3.8, 4) is 0 Å². The van der Waals surface area contributed by atoms with E-state index in [0.29, 0.717) is 10.9 Å². The Hall–Kier alpha value is -1.56. The number of H-pyrrole nitrogens is 1. The maximum atomic E-state index is 11.3. The van der Waals surface area contributed by atoms with E-state index >= 15 is 0 Å². The van der Waals surface area contributed by atoms with Gasteiger partial charge in [-0.3, -0.25) is 4.79 Å². The number of aliphatic carboxylic acids is 1. The average Bonchev–Trinajstić information content (AvgIpc) is 2.24. The molecule has 0 fully saturated rings. The van der Waals surface area contributed by atoms with Crippen molar-refractivity contribution >= 4 is 17.7 Å². The second kappa shape index (κ2) is 6.90. The number of aromatic amines is 1. The van der Waals surface area contributed by atoms with Gasteiger partial charge in [0, 0.05) is 23.6 Å². The molecule has 5 nitrogen and oxygen atoms in total. The molecule has 0 aliphatic rings. The summed E-state index contributed by atoms with van der Waals surface area (Å²) in [5.74, 6) is -0.517. The van der Waals surface area contributed by atoms with Crippen LogP contribution in [0.15, 0.2) is 28.2 Å². The highest BCUT2D eigenvalue weighted by molar-refractivity contribution is 7.99. The molecule has 0 atom stereocenters. The molecule has 0 amide bonds. The molecular weight excluding hydrogens is 240 g/mol. The van der Waals surface area contributed by atoms with E-state index in [4.69, 9.17) is 5.11 Å². The summed E-state index contributed by atoms with van der Waals surface area (Å²) in [5, 5.41) is 8.92. The van der Waals surface area contributed by atoms with Gasteiger partial charge in [0.2, 0.25) is 0 Å². The van der Waals surface area contributed by atoms with Crippen LogP contribution in [0, 0.1) is 0 Å². The van der Waals surface area contributed by atoms with Crippen LogP contribution in [-0.4, -0.2) is 26.8 Å². The zero-order chi connectivity index (χ0) is 12.7. The number of hydrogen-bond acceptors (Lipinski definition) is 4. The van der Waals surface area contributed by atoms with Crippen molar-refractivity contribution in [3.05, 3.63) is 34.3 Å². The van der Waals surface area contributed by atoms with Gasteiger partial charge in [-0.05, 0) is 6.42 Å². The number of carboxylic acid groups (broad SMARTS) is 1. The molecule has 6 heteroatoms. The third kappa shape index (κ3) is 5.35. The molecule has 92 valence electrons. The predicted octanol–water partition coefficient (Wildman–Crippen LogP) is 1.46. The fourth-order valence-electron chi connectivity index (χ4n) is 1.21. The van der Waals surface area contributed by atoms with Gasteiger partial charge in [0.05, 0.1) is 0 Å². The van der Waals surface area contributed by atoms with Crippen LogP contribution in [0.4, 0.5) is 0 Å². The summed E-state index contributed by atoms with van der Waals surface area (Å²) < 4.78 is 0. The molecule has 0 aliphatic carbocycles. The molecule has 0 aromatic carbocycles. The molecule has 0 spiro atoms. The average molecular weight is 254 g/mol. The van der Waals surface area contributed by atoms with E-state index in [-0.39, 0.29) is 5.56 Å². The SMILES string of the molecule is CCCc1cc(=O)[nH]c(SCC=CC(=O)O)n1. The number of aromatic nitrogens is 2. The number of nitrogens with zero attached hydrogens (tertiary/aromatic N) is 1. The van der Waals surface area contributed by atoms with Crippen molar-refractivity contribution in [1.29, 1.82) is 0 Å². The molecule has 0 saturated heterocycles. The summed E-state index contributed by atoms with van der Waals surface area (Å²) in [5.41, 5.74) is 0.592. The van der Waals surface area contributed by atoms with E-state index < -0.39 is 5.97 Å². The minimum atomic E-state index is -0.980. The summed E-state index contributed by atoms with van der Waals surface area (Å²) in [6, 6.07) is 1.49. The maximum absolute atomic E-state index is 11.3. The van der Waals surface area contributed by atoms with Crippen LogP contribution in [0.1, 0.15) is 19.0 Å². The first-order valence-corrected chi connectivity index (χ1v) is 6.23. The fraction of sp³-hybridized carbons (Fsp3) is 0.364. The topological polar surface area (TPSA) is 83.0 Å². The highest BCUT2D eigenvalue weighted by Crippen LogP contribution is 2.11. The molecule has 0 saturated carbocycles. The van der Waals surface area contributed by atoms with Crippen molar-refractivity contribution in [1.82, 2.24) is 9.97 Å². The van der Waals surface area contributed by atoms with Gasteiger partial charge in [-0.2, -0.15) is 0 Å². The number of aryl methyl sites for hydroxylation is 1. The van der Waals surface area contributed by atoms with Crippen molar-refractivity contribution < 1.29 is 9.90 Å². The summed E-state index contributed by atoms with van der Waals surface area (Å²) in [6.45, 7) is 2.02. The van der Waals surface area contributed by atoms with E-state index in [1.807, 2.05) is 6.92 Å². The first kappa shape index (κ1) is 13.5. The van der Waals surface area contributed by atoms with E-state index in [9.17, 15) is 9.59 Å². The number of thioether (sulfide) groups is 1. The lowest BCUT2D eigenvalue weighted by atomic mass is 10.2. The van der Waals surface area contributed by atoms with Crippen LogP contribution in [0.5, 0.6) is 0 Å². The molecule has 1 aromatic heterocycles. The van der Waals surface area contributed by atoms with Gasteiger partial charge in [0.25, 0.3) is 5.56 Å². The smallest absolute Gasteiger partial charge is 0.328 e. The Kier molecular flexibility index (Phi) is 5.48. The second-order valence-corrected chi connectivity index (χ2v) is 4.35. The summed E-state index contributed by atoms with van der Waals surface area (Å²) >= 11 is 1.30. The summed E-state index contributed by atoms with van der Waals surface area (Å²) in [7, 11) is 0. The lowest BCUT2D eigenvalue weighted by Gasteiger charge is -2.01. The lowest BCUT2D eigenvalue weighted by Crippen LogP contribution is -2.09. The molecule has 1 heterocycles. The van der Waals surface area contributed by atoms with Crippen molar-refractivity contribution in [2.24, 2.45) is 0 Å². The van der Waals surface area contributed by atoms with Crippen LogP contribution in [0.3, 0.4) is 0 Å². The first-order chi connectivity index (χ1) is 8.11. The minimum Gasteiger partial charge on any atom is -0.478 e. The Morgan fingerprint density at radius 3 is 3.06 bits per heavy atom. The Balaban J connectivity index is 2.64. The Bertz CT molecular complexity index is 468. The highest BCUT2D eigenvalue weighted by atomic mass is 32.2. The van der Waals surface area contributed by atoms with Crippen molar-refractivity contribution in [2.45, 2.75) is 24.9 Å². The highest BCUT2D eigenvalue weighted by Gasteiger charge is 2.00. The van der Waals surface area contributed by atoms with Crippen LogP contribution < -0.4 is 5.56 Å². The Morgan fingerprint density at radius 1 is 1.65 bits per heavy atom. The van der Waals surface area contributed by atoms with Crippen LogP contribution >= 0.6 is 11.8 Å². The van der Waals surface area contributed by atoms with Gasteiger partial charge in [0.15, 0.2) is 5.16 Å². The Labute approximate surface area is 103 Å². The minimum absolute atomic E-state index is 0.173. The van der Waals surface area contributed by atoms with Gasteiger partial charge in [-0.15, -0.1) is 0 Å². The molecular formula is C11H14N2O3S. The van der Waals surface area contributed by atoms with Gasteiger partial charge in [-0.1, -0.05) is 31.2 Å². The lowest BCUT2D eigenvalue weighted by molar-refractivity contribution is -0.131. The second-order valence-electron chi connectivity index (χ2n) is 3.34. The number of carbonyl (C=O) groups is 1. The van der Waals surface area contributed by atoms with Gasteiger partial charge in [-0.25, -0.2) is 9.78 Å². The van der Waals surface area contributed by atoms with Crippen LogP contribution in [0.25, 0.3) is 0 Å². The van der Waals surface area contributed by atoms with Gasteiger partial charge in [0.1, 0.15) is 0 Å². The first-order valence-electron chi connectivity index (χ1n) is 5.24. The molecule has 1 aromatic rings. The molecule has 0 bridgehead atoms. The van der Waals surface area contributed by atoms with Crippen LogP contribution in [-0.2, 0) is 11.2 Å². The standard InChI is InChI=1S/C11H14N2O3S/c1-2-4-8-7-9(14)13-11(12-8)17-6-3-5-10(15)16/h3,5,7H,2,4,6H2,1H3,(H,15,16)(H,12,13,14). The van der Waals surface area contributed by atoms with Crippen LogP contribution in [0.2, 0.25) is 0 Å². The summed E-state index contributed by atoms with van der Waals surface area (Å²) in [6.07, 6.45) is 4.28. The van der Waals surface area contributed by atoms with Crippen molar-refractivity contribution in [3.63, 3.8) is 0 Å². The molecule has 2 N–H and O–H groups in total. The zero-order valence-electron chi connectivity index (χ0n) is 9.47. The third-order valence-corrected chi connectivity index (χ3v) is 2.68. The number of nitrogens with one attached hydrogen (secondary N) is 1. The van der Waals surface area contributed by atoms with Gasteiger partial charge < -0.3 is 10.1 Å². The largest absolute Gasteiger partial charge is 0.478 e. The number of hydrogen-bond donors (Lipinski definition) is 2.